The van der Waals surface area contributed by atoms with Crippen LogP contribution in [0, 0.1) is 6.92 Å². The van der Waals surface area contributed by atoms with E-state index in [-0.39, 0.29) is 11.0 Å². The maximum absolute atomic E-state index is 12.2. The Morgan fingerprint density at radius 2 is 2.00 bits per heavy atom. The van der Waals surface area contributed by atoms with Crippen molar-refractivity contribution >= 4 is 61.7 Å². The van der Waals surface area contributed by atoms with Gasteiger partial charge in [-0.15, -0.1) is 11.3 Å². The van der Waals surface area contributed by atoms with Gasteiger partial charge >= 0.3 is 0 Å². The van der Waals surface area contributed by atoms with E-state index in [4.69, 9.17) is 17.0 Å². The molecule has 0 saturated carbocycles. The van der Waals surface area contributed by atoms with Gasteiger partial charge in [0.25, 0.3) is 0 Å². The van der Waals surface area contributed by atoms with Crippen molar-refractivity contribution in [1.82, 2.24) is 10.3 Å². The lowest BCUT2D eigenvalue weighted by molar-refractivity contribution is -0.115. The number of thiocarbonyl (C=S) groups is 1. The third-order valence-corrected chi connectivity index (χ3v) is 5.37. The summed E-state index contributed by atoms with van der Waals surface area (Å²) in [6, 6.07) is 13.7. The van der Waals surface area contributed by atoms with Crippen LogP contribution in [0.25, 0.3) is 17.3 Å². The molecule has 2 N–H and O–H groups in total. The van der Waals surface area contributed by atoms with Gasteiger partial charge in [0.15, 0.2) is 10.2 Å². The molecule has 0 atom stereocenters. The zero-order valence-corrected chi connectivity index (χ0v) is 19.0. The Labute approximate surface area is 187 Å². The summed E-state index contributed by atoms with van der Waals surface area (Å²) in [6.45, 7) is 2.04. The zero-order chi connectivity index (χ0) is 20.8. The summed E-state index contributed by atoms with van der Waals surface area (Å²) in [5.74, 6) is 0.323. The van der Waals surface area contributed by atoms with Crippen LogP contribution in [0.2, 0.25) is 0 Å². The van der Waals surface area contributed by atoms with Gasteiger partial charge in [0.1, 0.15) is 5.75 Å². The van der Waals surface area contributed by atoms with Gasteiger partial charge in [-0.25, -0.2) is 4.98 Å². The minimum atomic E-state index is -0.347. The van der Waals surface area contributed by atoms with Crippen LogP contribution in [0.3, 0.4) is 0 Å². The van der Waals surface area contributed by atoms with Gasteiger partial charge in [0.2, 0.25) is 5.91 Å². The van der Waals surface area contributed by atoms with Gasteiger partial charge in [-0.05, 0) is 43.4 Å². The molecule has 0 aliphatic carbocycles. The number of thiazole rings is 1. The highest BCUT2D eigenvalue weighted by molar-refractivity contribution is 9.10. The van der Waals surface area contributed by atoms with Gasteiger partial charge in [-0.2, -0.15) is 0 Å². The Hall–Kier alpha value is -2.55. The Morgan fingerprint density at radius 1 is 1.24 bits per heavy atom. The Balaban J connectivity index is 1.59. The fraction of sp³-hybridized carbons (Fsp3) is 0.0952. The molecular weight excluding hydrogens is 470 g/mol. The molecule has 1 aromatic heterocycles. The topological polar surface area (TPSA) is 63.2 Å². The molecule has 0 aliphatic heterocycles. The van der Waals surface area contributed by atoms with E-state index in [9.17, 15) is 4.79 Å². The smallest absolute Gasteiger partial charge is 0.250 e. The average Bonchev–Trinajstić information content (AvgIpc) is 3.15. The Bertz CT molecular complexity index is 1060. The molecule has 0 fully saturated rings. The number of aromatic nitrogens is 1. The fourth-order valence-electron chi connectivity index (χ4n) is 2.47. The molecule has 3 rings (SSSR count). The van der Waals surface area contributed by atoms with Crippen molar-refractivity contribution in [3.8, 4) is 17.0 Å². The molecule has 0 bridgehead atoms. The van der Waals surface area contributed by atoms with Crippen LogP contribution in [0.15, 0.2) is 58.4 Å². The number of aryl methyl sites for hydroxylation is 1. The molecule has 0 spiro atoms. The predicted molar refractivity (Wildman–Crippen MR) is 126 cm³/mol. The van der Waals surface area contributed by atoms with E-state index in [0.717, 1.165) is 21.3 Å². The molecule has 29 heavy (non-hydrogen) atoms. The van der Waals surface area contributed by atoms with Gasteiger partial charge < -0.3 is 10.1 Å². The Kier molecular flexibility index (Phi) is 7.13. The highest BCUT2D eigenvalue weighted by Gasteiger charge is 2.08. The molecule has 0 unspecified atom stereocenters. The number of hydrogen-bond donors (Lipinski definition) is 2. The SMILES string of the molecule is COc1ccc(Br)cc1/C=C/C(=O)NC(=S)Nc1nc(-c2ccc(C)cc2)cs1. The molecule has 148 valence electrons. The van der Waals surface area contributed by atoms with E-state index in [1.807, 2.05) is 54.8 Å². The molecule has 0 saturated heterocycles. The number of anilines is 1. The molecule has 8 heteroatoms. The van der Waals surface area contributed by atoms with Gasteiger partial charge in [0, 0.05) is 27.1 Å². The maximum atomic E-state index is 12.2. The normalized spacial score (nSPS) is 10.7. The van der Waals surface area contributed by atoms with Crippen molar-refractivity contribution in [1.29, 1.82) is 0 Å². The van der Waals surface area contributed by atoms with E-state index in [2.05, 4.69) is 31.5 Å². The van der Waals surface area contributed by atoms with Gasteiger partial charge in [0.05, 0.1) is 12.8 Å². The summed E-state index contributed by atoms with van der Waals surface area (Å²) in [7, 11) is 1.58. The first-order chi connectivity index (χ1) is 13.9. The quantitative estimate of drug-likeness (QED) is 0.371. The van der Waals surface area contributed by atoms with Gasteiger partial charge in [-0.3, -0.25) is 10.1 Å². The van der Waals surface area contributed by atoms with E-state index in [1.54, 1.807) is 13.2 Å². The first-order valence-electron chi connectivity index (χ1n) is 8.61. The summed E-state index contributed by atoms with van der Waals surface area (Å²) in [6.07, 6.45) is 3.07. The molecule has 0 aliphatic rings. The number of rotatable bonds is 5. The second kappa shape index (κ2) is 9.78. The van der Waals surface area contributed by atoms with Crippen LogP contribution >= 0.6 is 39.5 Å². The summed E-state index contributed by atoms with van der Waals surface area (Å²) in [5.41, 5.74) is 3.85. The molecule has 5 nitrogen and oxygen atoms in total. The third-order valence-electron chi connectivity index (χ3n) is 3.91. The summed E-state index contributed by atoms with van der Waals surface area (Å²) in [5, 5.41) is 8.30. The zero-order valence-electron chi connectivity index (χ0n) is 15.7. The van der Waals surface area contributed by atoms with Crippen molar-refractivity contribution in [3.05, 3.63) is 69.5 Å². The van der Waals surface area contributed by atoms with Crippen LogP contribution in [0.5, 0.6) is 5.75 Å². The maximum Gasteiger partial charge on any atom is 0.250 e. The number of amides is 1. The van der Waals surface area contributed by atoms with Crippen LogP contribution in [0.4, 0.5) is 5.13 Å². The predicted octanol–water partition coefficient (Wildman–Crippen LogP) is 5.42. The molecular formula is C21H18BrN3O2S2. The van der Waals surface area contributed by atoms with E-state index in [0.29, 0.717) is 10.9 Å². The number of nitrogens with zero attached hydrogens (tertiary/aromatic N) is 1. The summed E-state index contributed by atoms with van der Waals surface area (Å²) in [4.78, 5) is 16.7. The molecule has 2 aromatic carbocycles. The van der Waals surface area contributed by atoms with Crippen LogP contribution in [-0.2, 0) is 4.79 Å². The number of halogens is 1. The number of hydrogen-bond acceptors (Lipinski definition) is 5. The molecule has 3 aromatic rings. The van der Waals surface area contributed by atoms with E-state index in [1.165, 1.54) is 23.0 Å². The van der Waals surface area contributed by atoms with E-state index < -0.39 is 0 Å². The van der Waals surface area contributed by atoms with Gasteiger partial charge in [-0.1, -0.05) is 45.8 Å². The highest BCUT2D eigenvalue weighted by atomic mass is 79.9. The molecule has 1 amide bonds. The second-order valence-corrected chi connectivity index (χ2v) is 8.25. The number of carbonyl (C=O) groups is 1. The standard InChI is InChI=1S/C21H18BrN3O2S2/c1-13-3-5-14(6-4-13)17-12-29-21(23-17)25-20(28)24-19(26)10-7-15-11-16(22)8-9-18(15)27-2/h3-12H,1-2H3,(H2,23,24,25,26,28)/b10-7+. The molecule has 0 radical (unpaired) electrons. The van der Waals surface area contributed by atoms with Crippen molar-refractivity contribution in [3.63, 3.8) is 0 Å². The van der Waals surface area contributed by atoms with Crippen molar-refractivity contribution in [2.24, 2.45) is 0 Å². The molecule has 1 heterocycles. The minimum absolute atomic E-state index is 0.186. The number of nitrogens with one attached hydrogen (secondary N) is 2. The third kappa shape index (κ3) is 5.96. The number of carbonyl (C=O) groups excluding carboxylic acids is 1. The van der Waals surface area contributed by atoms with E-state index >= 15 is 0 Å². The monoisotopic (exact) mass is 487 g/mol. The fourth-order valence-corrected chi connectivity index (χ4v) is 3.84. The first kappa shape index (κ1) is 21.2. The first-order valence-corrected chi connectivity index (χ1v) is 10.7. The average molecular weight is 488 g/mol. The Morgan fingerprint density at radius 3 is 2.72 bits per heavy atom. The number of methoxy groups -OCH3 is 1. The van der Waals surface area contributed by atoms with Crippen LogP contribution in [0.1, 0.15) is 11.1 Å². The number of benzene rings is 2. The largest absolute Gasteiger partial charge is 0.496 e. The summed E-state index contributed by atoms with van der Waals surface area (Å²) < 4.78 is 6.18. The van der Waals surface area contributed by atoms with Crippen LogP contribution < -0.4 is 15.4 Å². The minimum Gasteiger partial charge on any atom is -0.496 e. The van der Waals surface area contributed by atoms with Crippen molar-refractivity contribution < 1.29 is 9.53 Å². The number of ether oxygens (including phenoxy) is 1. The van der Waals surface area contributed by atoms with Crippen molar-refractivity contribution in [2.45, 2.75) is 6.92 Å². The summed E-state index contributed by atoms with van der Waals surface area (Å²) >= 11 is 10.0. The van der Waals surface area contributed by atoms with Crippen LogP contribution in [-0.4, -0.2) is 23.1 Å². The lowest BCUT2D eigenvalue weighted by Crippen LogP contribution is -2.32. The second-order valence-electron chi connectivity index (χ2n) is 6.07. The lowest BCUT2D eigenvalue weighted by Gasteiger charge is -2.06. The lowest BCUT2D eigenvalue weighted by atomic mass is 10.1. The highest BCUT2D eigenvalue weighted by Crippen LogP contribution is 2.25. The van der Waals surface area contributed by atoms with Crippen molar-refractivity contribution in [2.75, 3.05) is 12.4 Å².